The molecule has 0 radical (unpaired) electrons. The lowest BCUT2D eigenvalue weighted by Gasteiger charge is -2.12. The summed E-state index contributed by atoms with van der Waals surface area (Å²) in [6.07, 6.45) is 0. The Morgan fingerprint density at radius 1 is 0.955 bits per heavy atom. The summed E-state index contributed by atoms with van der Waals surface area (Å²) in [5, 5.41) is 0.541. The molecule has 4 nitrogen and oxygen atoms in total. The zero-order valence-electron chi connectivity index (χ0n) is 12.9. The maximum Gasteiger partial charge on any atom is 0.335 e. The summed E-state index contributed by atoms with van der Waals surface area (Å²) >= 11 is 0. The summed E-state index contributed by atoms with van der Waals surface area (Å²) in [6.45, 7) is 4.17. The quantitative estimate of drug-likeness (QED) is 0.729. The normalized spacial score (nSPS) is 11.3. The van der Waals surface area contributed by atoms with Gasteiger partial charge in [-0.15, -0.1) is 0 Å². The summed E-state index contributed by atoms with van der Waals surface area (Å²) in [4.78, 5) is 25.3. The third kappa shape index (κ3) is 2.17. The number of para-hydroxylation sites is 1. The number of fused-ring (bicyclic) bond motifs is 1. The van der Waals surface area contributed by atoms with Gasteiger partial charge in [-0.05, 0) is 35.7 Å². The van der Waals surface area contributed by atoms with Crippen molar-refractivity contribution in [1.82, 2.24) is 9.13 Å². The molecule has 0 spiro atoms. The fraction of sp³-hybridized carbons (Fsp3) is 0.222. The monoisotopic (exact) mass is 294 g/mol. The van der Waals surface area contributed by atoms with Gasteiger partial charge in [-0.3, -0.25) is 9.36 Å². The van der Waals surface area contributed by atoms with Crippen molar-refractivity contribution >= 4 is 10.9 Å². The molecule has 1 aromatic heterocycles. The van der Waals surface area contributed by atoms with Gasteiger partial charge in [-0.2, -0.15) is 0 Å². The topological polar surface area (TPSA) is 44.0 Å². The van der Waals surface area contributed by atoms with E-state index < -0.39 is 0 Å². The van der Waals surface area contributed by atoms with E-state index in [-0.39, 0.29) is 11.2 Å². The second-order valence-corrected chi connectivity index (χ2v) is 5.75. The molecular formula is C18H18N2O2. The molecule has 0 amide bonds. The van der Waals surface area contributed by atoms with Gasteiger partial charge >= 0.3 is 5.69 Å². The standard InChI is InChI=1S/C18H18N2O2/c1-12(2)13-7-6-8-14(11-13)20-17(21)15-9-4-5-10-16(15)19(3)18(20)22/h4-12H,1-3H3. The van der Waals surface area contributed by atoms with E-state index >= 15 is 0 Å². The molecule has 0 aliphatic heterocycles. The van der Waals surface area contributed by atoms with Crippen molar-refractivity contribution in [3.63, 3.8) is 0 Å². The number of hydrogen-bond acceptors (Lipinski definition) is 2. The molecule has 4 heteroatoms. The predicted octanol–water partition coefficient (Wildman–Crippen LogP) is 2.81. The van der Waals surface area contributed by atoms with Crippen LogP contribution in [0.4, 0.5) is 0 Å². The lowest BCUT2D eigenvalue weighted by atomic mass is 10.0. The van der Waals surface area contributed by atoms with Gasteiger partial charge in [0.15, 0.2) is 0 Å². The highest BCUT2D eigenvalue weighted by atomic mass is 16.2. The Labute approximate surface area is 128 Å². The van der Waals surface area contributed by atoms with Crippen LogP contribution in [0.3, 0.4) is 0 Å². The van der Waals surface area contributed by atoms with Crippen molar-refractivity contribution in [2.45, 2.75) is 19.8 Å². The lowest BCUT2D eigenvalue weighted by Crippen LogP contribution is -2.37. The maximum absolute atomic E-state index is 12.7. The SMILES string of the molecule is CC(C)c1cccc(-n2c(=O)c3ccccc3n(C)c2=O)c1. The molecule has 1 heterocycles. The fourth-order valence-electron chi connectivity index (χ4n) is 2.66. The molecule has 0 atom stereocenters. The van der Waals surface area contributed by atoms with E-state index in [1.807, 2.05) is 30.3 Å². The average molecular weight is 294 g/mol. The molecule has 3 aromatic rings. The van der Waals surface area contributed by atoms with Crippen LogP contribution in [0.1, 0.15) is 25.3 Å². The van der Waals surface area contributed by atoms with Gasteiger partial charge in [0.25, 0.3) is 5.56 Å². The maximum atomic E-state index is 12.7. The highest BCUT2D eigenvalue weighted by molar-refractivity contribution is 5.78. The molecule has 0 bridgehead atoms. The molecule has 2 aromatic carbocycles. The van der Waals surface area contributed by atoms with Gasteiger partial charge in [0.1, 0.15) is 0 Å². The van der Waals surface area contributed by atoms with Crippen LogP contribution in [-0.2, 0) is 7.05 Å². The van der Waals surface area contributed by atoms with Crippen LogP contribution in [0.25, 0.3) is 16.6 Å². The summed E-state index contributed by atoms with van der Waals surface area (Å²) < 4.78 is 2.76. The highest BCUT2D eigenvalue weighted by Crippen LogP contribution is 2.17. The van der Waals surface area contributed by atoms with Gasteiger partial charge < -0.3 is 0 Å². The van der Waals surface area contributed by atoms with Crippen molar-refractivity contribution in [3.8, 4) is 5.69 Å². The van der Waals surface area contributed by atoms with Gasteiger partial charge in [-0.25, -0.2) is 9.36 Å². The first kappa shape index (κ1) is 14.3. The zero-order valence-corrected chi connectivity index (χ0v) is 12.9. The minimum absolute atomic E-state index is 0.278. The predicted molar refractivity (Wildman–Crippen MR) is 88.9 cm³/mol. The van der Waals surface area contributed by atoms with Crippen LogP contribution in [0, 0.1) is 0 Å². The molecule has 0 N–H and O–H groups in total. The van der Waals surface area contributed by atoms with Crippen molar-refractivity contribution in [2.24, 2.45) is 7.05 Å². The van der Waals surface area contributed by atoms with E-state index in [0.717, 1.165) is 5.56 Å². The van der Waals surface area contributed by atoms with E-state index in [1.165, 1.54) is 9.13 Å². The Morgan fingerprint density at radius 2 is 1.68 bits per heavy atom. The van der Waals surface area contributed by atoms with Gasteiger partial charge in [0, 0.05) is 7.05 Å². The third-order valence-electron chi connectivity index (χ3n) is 3.97. The molecule has 0 saturated carbocycles. The van der Waals surface area contributed by atoms with Gasteiger partial charge in [0.05, 0.1) is 16.6 Å². The molecular weight excluding hydrogens is 276 g/mol. The Kier molecular flexibility index (Phi) is 3.45. The van der Waals surface area contributed by atoms with Crippen LogP contribution in [0.15, 0.2) is 58.1 Å². The lowest BCUT2D eigenvalue weighted by molar-refractivity contribution is 0.770. The van der Waals surface area contributed by atoms with Crippen molar-refractivity contribution in [3.05, 3.63) is 74.9 Å². The van der Waals surface area contributed by atoms with Crippen molar-refractivity contribution in [1.29, 1.82) is 0 Å². The number of aryl methyl sites for hydroxylation is 1. The summed E-state index contributed by atoms with van der Waals surface area (Å²) in [6, 6.07) is 14.8. The largest absolute Gasteiger partial charge is 0.335 e. The van der Waals surface area contributed by atoms with E-state index in [0.29, 0.717) is 22.5 Å². The van der Waals surface area contributed by atoms with Crippen LogP contribution >= 0.6 is 0 Å². The molecule has 3 rings (SSSR count). The number of hydrogen-bond donors (Lipinski definition) is 0. The van der Waals surface area contributed by atoms with Gasteiger partial charge in [-0.1, -0.05) is 38.1 Å². The molecule has 112 valence electrons. The van der Waals surface area contributed by atoms with E-state index in [4.69, 9.17) is 0 Å². The van der Waals surface area contributed by atoms with E-state index in [2.05, 4.69) is 13.8 Å². The highest BCUT2D eigenvalue weighted by Gasteiger charge is 2.12. The van der Waals surface area contributed by atoms with E-state index in [9.17, 15) is 9.59 Å². The third-order valence-corrected chi connectivity index (χ3v) is 3.97. The number of rotatable bonds is 2. The molecule has 0 unspecified atom stereocenters. The molecule has 0 aliphatic rings. The second-order valence-electron chi connectivity index (χ2n) is 5.75. The average Bonchev–Trinajstić information content (AvgIpc) is 2.53. The van der Waals surface area contributed by atoms with E-state index in [1.54, 1.807) is 25.2 Å². The van der Waals surface area contributed by atoms with Crippen LogP contribution < -0.4 is 11.2 Å². The molecule has 22 heavy (non-hydrogen) atoms. The Hall–Kier alpha value is -2.62. The van der Waals surface area contributed by atoms with Crippen LogP contribution in [-0.4, -0.2) is 9.13 Å². The summed E-state index contributed by atoms with van der Waals surface area (Å²) in [5.41, 5.74) is 1.75. The number of benzene rings is 2. The summed E-state index contributed by atoms with van der Waals surface area (Å²) in [7, 11) is 1.69. The zero-order chi connectivity index (χ0) is 15.9. The Balaban J connectivity index is 2.39. The van der Waals surface area contributed by atoms with Crippen LogP contribution in [0.2, 0.25) is 0 Å². The Bertz CT molecular complexity index is 965. The minimum Gasteiger partial charge on any atom is -0.296 e. The first-order chi connectivity index (χ1) is 10.5. The van der Waals surface area contributed by atoms with Gasteiger partial charge in [0.2, 0.25) is 0 Å². The molecule has 0 saturated heterocycles. The van der Waals surface area contributed by atoms with Crippen molar-refractivity contribution in [2.75, 3.05) is 0 Å². The van der Waals surface area contributed by atoms with Crippen LogP contribution in [0.5, 0.6) is 0 Å². The molecule has 0 aliphatic carbocycles. The number of nitrogens with zero attached hydrogens (tertiary/aromatic N) is 2. The first-order valence-corrected chi connectivity index (χ1v) is 7.32. The smallest absolute Gasteiger partial charge is 0.296 e. The fourth-order valence-corrected chi connectivity index (χ4v) is 2.66. The first-order valence-electron chi connectivity index (χ1n) is 7.32. The Morgan fingerprint density at radius 3 is 2.41 bits per heavy atom. The summed E-state index contributed by atoms with van der Waals surface area (Å²) in [5.74, 6) is 0.333. The minimum atomic E-state index is -0.329. The number of aromatic nitrogens is 2. The van der Waals surface area contributed by atoms with Crippen molar-refractivity contribution < 1.29 is 0 Å². The second kappa shape index (κ2) is 5.30. The molecule has 0 fully saturated rings.